The fourth-order valence-electron chi connectivity index (χ4n) is 2.00. The first-order valence-corrected chi connectivity index (χ1v) is 7.50. The van der Waals surface area contributed by atoms with Gasteiger partial charge in [-0.05, 0) is 24.3 Å². The number of aliphatic hydroxyl groups is 1. The number of hydrogen-bond donors (Lipinski definition) is 1. The van der Waals surface area contributed by atoms with E-state index >= 15 is 0 Å². The summed E-state index contributed by atoms with van der Waals surface area (Å²) in [5.74, 6) is 0. The zero-order chi connectivity index (χ0) is 13.9. The minimum atomic E-state index is -3.61. The van der Waals surface area contributed by atoms with E-state index in [2.05, 4.69) is 4.98 Å². The van der Waals surface area contributed by atoms with Crippen molar-refractivity contribution in [3.8, 4) is 0 Å². The molecule has 102 valence electrons. The summed E-state index contributed by atoms with van der Waals surface area (Å²) >= 11 is 0. The maximum Gasteiger partial charge on any atom is 0.243 e. The number of fused-ring (bicyclic) bond motifs is 1. The van der Waals surface area contributed by atoms with Gasteiger partial charge in [-0.3, -0.25) is 4.98 Å². The topological polar surface area (TPSA) is 70.5 Å². The molecule has 1 heterocycles. The van der Waals surface area contributed by atoms with Crippen molar-refractivity contribution in [2.45, 2.75) is 11.8 Å². The minimum absolute atomic E-state index is 0.0927. The Kier molecular flexibility index (Phi) is 4.14. The Morgan fingerprint density at radius 3 is 2.74 bits per heavy atom. The lowest BCUT2D eigenvalue weighted by Crippen LogP contribution is -2.33. The second-order valence-corrected chi connectivity index (χ2v) is 5.95. The van der Waals surface area contributed by atoms with E-state index in [0.717, 1.165) is 0 Å². The first-order chi connectivity index (χ1) is 9.11. The molecule has 2 rings (SSSR count). The van der Waals surface area contributed by atoms with Gasteiger partial charge < -0.3 is 5.11 Å². The number of aromatic nitrogens is 1. The van der Waals surface area contributed by atoms with Crippen LogP contribution in [0.15, 0.2) is 41.4 Å². The monoisotopic (exact) mass is 280 g/mol. The first kappa shape index (κ1) is 13.9. The molecule has 0 saturated carbocycles. The van der Waals surface area contributed by atoms with Gasteiger partial charge in [-0.1, -0.05) is 13.0 Å². The van der Waals surface area contributed by atoms with Gasteiger partial charge in [-0.2, -0.15) is 4.31 Å². The molecule has 0 aliphatic carbocycles. The third kappa shape index (κ3) is 2.60. The molecule has 2 aromatic rings. The van der Waals surface area contributed by atoms with Crippen LogP contribution in [0.5, 0.6) is 0 Å². The number of nitrogens with zero attached hydrogens (tertiary/aromatic N) is 2. The van der Waals surface area contributed by atoms with Crippen LogP contribution in [-0.2, 0) is 10.0 Å². The number of rotatable bonds is 5. The van der Waals surface area contributed by atoms with Gasteiger partial charge in [0.15, 0.2) is 0 Å². The average molecular weight is 280 g/mol. The maximum absolute atomic E-state index is 12.6. The predicted molar refractivity (Wildman–Crippen MR) is 73.3 cm³/mol. The van der Waals surface area contributed by atoms with Gasteiger partial charge in [0, 0.05) is 24.7 Å². The molecule has 0 aliphatic rings. The second kappa shape index (κ2) is 5.64. The smallest absolute Gasteiger partial charge is 0.243 e. The zero-order valence-corrected chi connectivity index (χ0v) is 11.5. The molecule has 0 aliphatic heterocycles. The van der Waals surface area contributed by atoms with Gasteiger partial charge >= 0.3 is 0 Å². The van der Waals surface area contributed by atoms with Gasteiger partial charge in [0.05, 0.1) is 17.0 Å². The van der Waals surface area contributed by atoms with Crippen LogP contribution in [-0.4, -0.2) is 42.5 Å². The number of aliphatic hydroxyl groups excluding tert-OH is 1. The SMILES string of the molecule is CCN(CCO)S(=O)(=O)c1cccc2ncccc12. The lowest BCUT2D eigenvalue weighted by Gasteiger charge is -2.20. The molecule has 0 unspecified atom stereocenters. The summed E-state index contributed by atoms with van der Waals surface area (Å²) in [6, 6.07) is 8.47. The van der Waals surface area contributed by atoms with E-state index in [1.807, 2.05) is 0 Å². The summed E-state index contributed by atoms with van der Waals surface area (Å²) in [6.07, 6.45) is 1.63. The van der Waals surface area contributed by atoms with Crippen molar-refractivity contribution in [1.82, 2.24) is 9.29 Å². The Morgan fingerprint density at radius 1 is 1.26 bits per heavy atom. The molecule has 5 nitrogen and oxygen atoms in total. The molecule has 1 aromatic heterocycles. The van der Waals surface area contributed by atoms with Gasteiger partial charge in [-0.15, -0.1) is 0 Å². The molecular weight excluding hydrogens is 264 g/mol. The summed E-state index contributed by atoms with van der Waals surface area (Å²) in [6.45, 7) is 1.96. The van der Waals surface area contributed by atoms with Crippen LogP contribution in [0.2, 0.25) is 0 Å². The molecule has 0 spiro atoms. The summed E-state index contributed by atoms with van der Waals surface area (Å²) in [5.41, 5.74) is 0.642. The molecule has 6 heteroatoms. The van der Waals surface area contributed by atoms with E-state index in [1.165, 1.54) is 4.31 Å². The Bertz CT molecular complexity index is 665. The van der Waals surface area contributed by atoms with E-state index in [-0.39, 0.29) is 18.0 Å². The Morgan fingerprint density at radius 2 is 2.05 bits per heavy atom. The fourth-order valence-corrected chi connectivity index (χ4v) is 3.64. The highest BCUT2D eigenvalue weighted by Crippen LogP contribution is 2.24. The maximum atomic E-state index is 12.6. The molecule has 0 saturated heterocycles. The number of hydrogen-bond acceptors (Lipinski definition) is 4. The molecule has 0 bridgehead atoms. The third-order valence-electron chi connectivity index (χ3n) is 2.93. The largest absolute Gasteiger partial charge is 0.395 e. The summed E-state index contributed by atoms with van der Waals surface area (Å²) in [5, 5.41) is 9.57. The standard InChI is InChI=1S/C13H16N2O3S/c1-2-15(9-10-16)19(17,18)13-7-3-6-12-11(13)5-4-8-14-12/h3-8,16H,2,9-10H2,1H3. The predicted octanol–water partition coefficient (Wildman–Crippen LogP) is 1.24. The molecule has 0 amide bonds. The first-order valence-electron chi connectivity index (χ1n) is 6.06. The van der Waals surface area contributed by atoms with Gasteiger partial charge in [-0.25, -0.2) is 8.42 Å². The quantitative estimate of drug-likeness (QED) is 0.894. The highest BCUT2D eigenvalue weighted by atomic mass is 32.2. The van der Waals surface area contributed by atoms with Crippen LogP contribution in [0.25, 0.3) is 10.9 Å². The van der Waals surface area contributed by atoms with Crippen molar-refractivity contribution in [1.29, 1.82) is 0 Å². The van der Waals surface area contributed by atoms with Gasteiger partial charge in [0.1, 0.15) is 0 Å². The second-order valence-electron chi connectivity index (χ2n) is 4.05. The normalized spacial score (nSPS) is 12.2. The van der Waals surface area contributed by atoms with Crippen molar-refractivity contribution in [2.24, 2.45) is 0 Å². The van der Waals surface area contributed by atoms with Crippen molar-refractivity contribution >= 4 is 20.9 Å². The van der Waals surface area contributed by atoms with E-state index in [9.17, 15) is 8.42 Å². The molecule has 0 atom stereocenters. The number of pyridine rings is 1. The van der Waals surface area contributed by atoms with Crippen LogP contribution >= 0.6 is 0 Å². The number of benzene rings is 1. The summed E-state index contributed by atoms with van der Waals surface area (Å²) in [4.78, 5) is 4.38. The highest BCUT2D eigenvalue weighted by molar-refractivity contribution is 7.89. The van der Waals surface area contributed by atoms with Crippen LogP contribution in [0.4, 0.5) is 0 Å². The summed E-state index contributed by atoms with van der Waals surface area (Å²) in [7, 11) is -3.61. The lowest BCUT2D eigenvalue weighted by atomic mass is 10.2. The van der Waals surface area contributed by atoms with E-state index < -0.39 is 10.0 Å². The fraction of sp³-hybridized carbons (Fsp3) is 0.308. The molecule has 1 aromatic carbocycles. The zero-order valence-electron chi connectivity index (χ0n) is 10.7. The van der Waals surface area contributed by atoms with Crippen LogP contribution in [0.3, 0.4) is 0 Å². The van der Waals surface area contributed by atoms with E-state index in [1.54, 1.807) is 43.5 Å². The number of likely N-dealkylation sites (N-methyl/N-ethyl adjacent to an activating group) is 1. The van der Waals surface area contributed by atoms with Crippen molar-refractivity contribution in [2.75, 3.05) is 19.7 Å². The Labute approximate surface area is 112 Å². The molecular formula is C13H16N2O3S. The lowest BCUT2D eigenvalue weighted by molar-refractivity contribution is 0.257. The van der Waals surface area contributed by atoms with Crippen LogP contribution < -0.4 is 0 Å². The van der Waals surface area contributed by atoms with Crippen molar-refractivity contribution in [3.63, 3.8) is 0 Å². The van der Waals surface area contributed by atoms with Gasteiger partial charge in [0.2, 0.25) is 10.0 Å². The van der Waals surface area contributed by atoms with Crippen LogP contribution in [0, 0.1) is 0 Å². The summed E-state index contributed by atoms with van der Waals surface area (Å²) < 4.78 is 26.4. The van der Waals surface area contributed by atoms with Crippen LogP contribution in [0.1, 0.15) is 6.92 Å². The molecule has 0 fully saturated rings. The molecule has 19 heavy (non-hydrogen) atoms. The Balaban J connectivity index is 2.60. The van der Waals surface area contributed by atoms with Crippen molar-refractivity contribution < 1.29 is 13.5 Å². The third-order valence-corrected chi connectivity index (χ3v) is 4.96. The van der Waals surface area contributed by atoms with E-state index in [4.69, 9.17) is 5.11 Å². The van der Waals surface area contributed by atoms with E-state index in [0.29, 0.717) is 17.4 Å². The molecule has 0 radical (unpaired) electrons. The average Bonchev–Trinajstić information content (AvgIpc) is 2.43. The Hall–Kier alpha value is -1.50. The molecule has 1 N–H and O–H groups in total. The van der Waals surface area contributed by atoms with Crippen molar-refractivity contribution in [3.05, 3.63) is 36.5 Å². The highest BCUT2D eigenvalue weighted by Gasteiger charge is 2.24. The van der Waals surface area contributed by atoms with Gasteiger partial charge in [0.25, 0.3) is 0 Å². The number of sulfonamides is 1. The minimum Gasteiger partial charge on any atom is -0.395 e.